The highest BCUT2D eigenvalue weighted by Gasteiger charge is 2.45. The number of hydrogen-bond donors (Lipinski definition) is 1. The summed E-state index contributed by atoms with van der Waals surface area (Å²) in [6, 6.07) is 8.16. The van der Waals surface area contributed by atoms with Gasteiger partial charge >= 0.3 is 0 Å². The Bertz CT molecular complexity index is 544. The van der Waals surface area contributed by atoms with Gasteiger partial charge in [-0.2, -0.15) is 0 Å². The lowest BCUT2D eigenvalue weighted by Crippen LogP contribution is -2.42. The SMILES string of the molecule is CCCNC(=O)CN(CCC)C(=O)C1CC1c1ccc(Br)cc1. The Morgan fingerprint density at radius 2 is 1.91 bits per heavy atom. The number of nitrogens with one attached hydrogen (secondary N) is 1. The second kappa shape index (κ2) is 8.48. The summed E-state index contributed by atoms with van der Waals surface area (Å²) in [5, 5.41) is 2.85. The summed E-state index contributed by atoms with van der Waals surface area (Å²) in [5.41, 5.74) is 1.21. The molecule has 1 saturated carbocycles. The van der Waals surface area contributed by atoms with Crippen molar-refractivity contribution >= 4 is 27.7 Å². The van der Waals surface area contributed by atoms with Gasteiger partial charge in [0.25, 0.3) is 0 Å². The molecule has 126 valence electrons. The Labute approximate surface area is 146 Å². The topological polar surface area (TPSA) is 49.4 Å². The highest BCUT2D eigenvalue weighted by Crippen LogP contribution is 2.48. The summed E-state index contributed by atoms with van der Waals surface area (Å²) in [6.07, 6.45) is 2.65. The van der Waals surface area contributed by atoms with Crippen molar-refractivity contribution in [3.63, 3.8) is 0 Å². The zero-order valence-electron chi connectivity index (χ0n) is 13.8. The van der Waals surface area contributed by atoms with E-state index in [2.05, 4.69) is 33.4 Å². The van der Waals surface area contributed by atoms with Crippen molar-refractivity contribution < 1.29 is 9.59 Å². The third-order valence-electron chi connectivity index (χ3n) is 4.12. The number of nitrogens with zero attached hydrogens (tertiary/aromatic N) is 1. The van der Waals surface area contributed by atoms with Crippen LogP contribution >= 0.6 is 15.9 Å². The van der Waals surface area contributed by atoms with Crippen molar-refractivity contribution in [2.24, 2.45) is 5.92 Å². The van der Waals surface area contributed by atoms with E-state index in [0.29, 0.717) is 19.0 Å². The minimum Gasteiger partial charge on any atom is -0.355 e. The number of carbonyl (C=O) groups is 2. The average molecular weight is 381 g/mol. The largest absolute Gasteiger partial charge is 0.355 e. The molecule has 5 heteroatoms. The van der Waals surface area contributed by atoms with Crippen LogP contribution in [-0.2, 0) is 9.59 Å². The first kappa shape index (κ1) is 18.0. The summed E-state index contributed by atoms with van der Waals surface area (Å²) in [5.74, 6) is 0.385. The maximum atomic E-state index is 12.7. The number of carbonyl (C=O) groups excluding carboxylic acids is 2. The Balaban J connectivity index is 1.93. The monoisotopic (exact) mass is 380 g/mol. The summed E-state index contributed by atoms with van der Waals surface area (Å²) < 4.78 is 1.05. The number of halogens is 1. The van der Waals surface area contributed by atoms with E-state index in [9.17, 15) is 9.59 Å². The quantitative estimate of drug-likeness (QED) is 0.751. The normalized spacial score (nSPS) is 19.3. The first-order valence-corrected chi connectivity index (χ1v) is 9.17. The number of hydrogen-bond acceptors (Lipinski definition) is 2. The maximum Gasteiger partial charge on any atom is 0.239 e. The first-order valence-electron chi connectivity index (χ1n) is 8.37. The molecule has 0 aromatic heterocycles. The van der Waals surface area contributed by atoms with Crippen LogP contribution in [0.4, 0.5) is 0 Å². The lowest BCUT2D eigenvalue weighted by molar-refractivity contribution is -0.137. The van der Waals surface area contributed by atoms with Crippen molar-refractivity contribution in [1.29, 1.82) is 0 Å². The fourth-order valence-corrected chi connectivity index (χ4v) is 3.08. The first-order chi connectivity index (χ1) is 11.1. The van der Waals surface area contributed by atoms with Gasteiger partial charge in [0.1, 0.15) is 0 Å². The summed E-state index contributed by atoms with van der Waals surface area (Å²) >= 11 is 3.43. The van der Waals surface area contributed by atoms with Crippen LogP contribution in [0, 0.1) is 5.92 Å². The van der Waals surface area contributed by atoms with E-state index >= 15 is 0 Å². The van der Waals surface area contributed by atoms with Crippen molar-refractivity contribution in [2.45, 2.75) is 39.0 Å². The third kappa shape index (κ3) is 5.06. The summed E-state index contributed by atoms with van der Waals surface area (Å²) in [6.45, 7) is 5.53. The standard InChI is InChI=1S/C18H25BrN2O2/c1-3-9-20-17(22)12-21(10-4-2)18(23)16-11-15(16)13-5-7-14(19)8-6-13/h5-8,15-16H,3-4,9-12H2,1-2H3,(H,20,22). The second-order valence-corrected chi connectivity index (χ2v) is 7.03. The fraction of sp³-hybridized carbons (Fsp3) is 0.556. The molecule has 2 atom stereocenters. The van der Waals surface area contributed by atoms with Crippen molar-refractivity contribution in [1.82, 2.24) is 10.2 Å². The van der Waals surface area contributed by atoms with E-state index in [0.717, 1.165) is 23.7 Å². The molecule has 1 aliphatic carbocycles. The van der Waals surface area contributed by atoms with Gasteiger partial charge in [-0.15, -0.1) is 0 Å². The van der Waals surface area contributed by atoms with Gasteiger partial charge in [0, 0.05) is 23.5 Å². The molecule has 1 aliphatic rings. The van der Waals surface area contributed by atoms with Gasteiger partial charge in [0.2, 0.25) is 11.8 Å². The van der Waals surface area contributed by atoms with E-state index < -0.39 is 0 Å². The van der Waals surface area contributed by atoms with Crippen LogP contribution in [0.2, 0.25) is 0 Å². The molecule has 2 unspecified atom stereocenters. The van der Waals surface area contributed by atoms with Gasteiger partial charge in [-0.05, 0) is 42.9 Å². The zero-order valence-corrected chi connectivity index (χ0v) is 15.4. The predicted octanol–water partition coefficient (Wildman–Crippen LogP) is 3.32. The lowest BCUT2D eigenvalue weighted by atomic mass is 10.1. The second-order valence-electron chi connectivity index (χ2n) is 6.11. The number of benzene rings is 1. The van der Waals surface area contributed by atoms with Crippen LogP contribution < -0.4 is 5.32 Å². The molecular weight excluding hydrogens is 356 g/mol. The molecule has 2 amide bonds. The van der Waals surface area contributed by atoms with E-state index in [-0.39, 0.29) is 24.3 Å². The predicted molar refractivity (Wildman–Crippen MR) is 95.2 cm³/mol. The molecule has 1 aromatic rings. The van der Waals surface area contributed by atoms with Gasteiger partial charge in [0.05, 0.1) is 6.54 Å². The van der Waals surface area contributed by atoms with Crippen LogP contribution in [-0.4, -0.2) is 36.3 Å². The fourth-order valence-electron chi connectivity index (χ4n) is 2.81. The molecule has 0 aliphatic heterocycles. The molecule has 23 heavy (non-hydrogen) atoms. The van der Waals surface area contributed by atoms with Crippen molar-refractivity contribution in [3.8, 4) is 0 Å². The van der Waals surface area contributed by atoms with Crippen LogP contribution in [0.1, 0.15) is 44.6 Å². The minimum absolute atomic E-state index is 0.0294. The van der Waals surface area contributed by atoms with E-state index in [4.69, 9.17) is 0 Å². The Morgan fingerprint density at radius 1 is 1.22 bits per heavy atom. The number of amides is 2. The molecule has 0 spiro atoms. The molecule has 0 saturated heterocycles. The van der Waals surface area contributed by atoms with Crippen LogP contribution in [0.3, 0.4) is 0 Å². The third-order valence-corrected chi connectivity index (χ3v) is 4.65. The highest BCUT2D eigenvalue weighted by molar-refractivity contribution is 9.10. The zero-order chi connectivity index (χ0) is 16.8. The van der Waals surface area contributed by atoms with E-state index in [1.54, 1.807) is 4.90 Å². The van der Waals surface area contributed by atoms with Gasteiger partial charge < -0.3 is 10.2 Å². The van der Waals surface area contributed by atoms with Gasteiger partial charge in [-0.1, -0.05) is 41.9 Å². The molecule has 1 fully saturated rings. The van der Waals surface area contributed by atoms with Crippen molar-refractivity contribution in [3.05, 3.63) is 34.3 Å². The highest BCUT2D eigenvalue weighted by atomic mass is 79.9. The van der Waals surface area contributed by atoms with Crippen LogP contribution in [0.5, 0.6) is 0 Å². The Hall–Kier alpha value is -1.36. The Morgan fingerprint density at radius 3 is 2.52 bits per heavy atom. The molecule has 1 aromatic carbocycles. The smallest absolute Gasteiger partial charge is 0.239 e. The average Bonchev–Trinajstić information content (AvgIpc) is 3.33. The molecule has 0 heterocycles. The summed E-state index contributed by atoms with van der Waals surface area (Å²) in [7, 11) is 0. The van der Waals surface area contributed by atoms with Gasteiger partial charge in [-0.25, -0.2) is 0 Å². The molecule has 0 radical (unpaired) electrons. The van der Waals surface area contributed by atoms with Crippen LogP contribution in [0.15, 0.2) is 28.7 Å². The Kier molecular flexibility index (Phi) is 6.63. The molecule has 2 rings (SSSR count). The molecule has 4 nitrogen and oxygen atoms in total. The molecular formula is C18H25BrN2O2. The maximum absolute atomic E-state index is 12.7. The van der Waals surface area contributed by atoms with Gasteiger partial charge in [-0.3, -0.25) is 9.59 Å². The molecule has 1 N–H and O–H groups in total. The van der Waals surface area contributed by atoms with Crippen molar-refractivity contribution in [2.75, 3.05) is 19.6 Å². The lowest BCUT2D eigenvalue weighted by Gasteiger charge is -2.22. The van der Waals surface area contributed by atoms with E-state index in [1.165, 1.54) is 5.56 Å². The van der Waals surface area contributed by atoms with Gasteiger partial charge in [0.15, 0.2) is 0 Å². The summed E-state index contributed by atoms with van der Waals surface area (Å²) in [4.78, 5) is 26.3. The van der Waals surface area contributed by atoms with E-state index in [1.807, 2.05) is 26.0 Å². The van der Waals surface area contributed by atoms with Crippen LogP contribution in [0.25, 0.3) is 0 Å². The number of rotatable bonds is 8. The minimum atomic E-state index is -0.0607. The molecule has 0 bridgehead atoms.